The van der Waals surface area contributed by atoms with Crippen molar-refractivity contribution in [1.29, 1.82) is 0 Å². The van der Waals surface area contributed by atoms with Crippen LogP contribution in [0.25, 0.3) is 0 Å². The zero-order valence-electron chi connectivity index (χ0n) is 20.4. The molecule has 0 radical (unpaired) electrons. The number of nitrogens with zero attached hydrogens (tertiary/aromatic N) is 1. The van der Waals surface area contributed by atoms with E-state index in [1.165, 1.54) is 44.1 Å². The molecule has 2 N–H and O–H groups in total. The lowest BCUT2D eigenvalue weighted by Crippen LogP contribution is -2.48. The molecule has 4 bridgehead atoms. The summed E-state index contributed by atoms with van der Waals surface area (Å²) in [6.07, 6.45) is 12.3. The molecule has 2 aromatic rings. The average Bonchev–Trinajstić information content (AvgIpc) is 2.82. The van der Waals surface area contributed by atoms with Crippen LogP contribution in [-0.4, -0.2) is 22.8 Å². The molecule has 0 saturated heterocycles. The quantitative estimate of drug-likeness (QED) is 0.583. The Morgan fingerprint density at radius 2 is 1.65 bits per heavy atom. The number of pyridine rings is 1. The first-order chi connectivity index (χ1) is 16.4. The molecule has 0 unspecified atom stereocenters. The van der Waals surface area contributed by atoms with Gasteiger partial charge in [0.2, 0.25) is 5.91 Å². The molecule has 2 amide bonds. The number of nitrogens with one attached hydrogen (secondary N) is 2. The van der Waals surface area contributed by atoms with Crippen molar-refractivity contribution in [2.75, 3.05) is 0 Å². The van der Waals surface area contributed by atoms with E-state index < -0.39 is 6.04 Å². The molecular weight excluding hydrogens is 422 g/mol. The summed E-state index contributed by atoms with van der Waals surface area (Å²) in [4.78, 5) is 30.0. The minimum Gasteiger partial charge on any atom is -0.350 e. The van der Waals surface area contributed by atoms with Gasteiger partial charge in [-0.25, -0.2) is 0 Å². The zero-order chi connectivity index (χ0) is 23.7. The van der Waals surface area contributed by atoms with E-state index in [-0.39, 0.29) is 17.7 Å². The Labute approximate surface area is 203 Å². The van der Waals surface area contributed by atoms with Crippen LogP contribution < -0.4 is 10.6 Å². The number of hydrogen-bond acceptors (Lipinski definition) is 3. The fourth-order valence-electron chi connectivity index (χ4n) is 7.20. The van der Waals surface area contributed by atoms with Crippen LogP contribution in [0.15, 0.2) is 48.8 Å². The van der Waals surface area contributed by atoms with E-state index in [4.69, 9.17) is 0 Å². The number of carbonyl (C=O) groups excluding carboxylic acids is 2. The van der Waals surface area contributed by atoms with E-state index in [0.29, 0.717) is 23.9 Å². The normalized spacial score (nSPS) is 28.0. The highest BCUT2D eigenvalue weighted by Gasteiger charge is 2.51. The van der Waals surface area contributed by atoms with Crippen LogP contribution in [0.1, 0.15) is 80.3 Å². The third-order valence-corrected chi connectivity index (χ3v) is 8.32. The summed E-state index contributed by atoms with van der Waals surface area (Å²) in [5.41, 5.74) is 3.31. The minimum atomic E-state index is -0.563. The second-order valence-corrected chi connectivity index (χ2v) is 11.5. The molecule has 1 atom stereocenters. The van der Waals surface area contributed by atoms with Crippen molar-refractivity contribution in [3.63, 3.8) is 0 Å². The van der Waals surface area contributed by atoms with E-state index >= 15 is 0 Å². The monoisotopic (exact) mass is 459 g/mol. The molecule has 1 heterocycles. The van der Waals surface area contributed by atoms with Crippen molar-refractivity contribution in [3.05, 3.63) is 65.5 Å². The van der Waals surface area contributed by atoms with Gasteiger partial charge in [-0.3, -0.25) is 14.6 Å². The standard InChI is InChI=1S/C29H37N3O2/c1-19(2)10-26(28(34)31-18-20-4-3-9-30-17-20)32-27(33)24-5-7-25(8-6-24)29-14-21-11-22(15-29)13-23(12-21)16-29/h3-9,17,19,21-23,26H,10-16,18H2,1-2H3,(H,31,34)(H,32,33)/t21?,22?,23?,26-,29?/m0/s1. The van der Waals surface area contributed by atoms with Gasteiger partial charge in [0.15, 0.2) is 0 Å². The Morgan fingerprint density at radius 3 is 2.21 bits per heavy atom. The van der Waals surface area contributed by atoms with Crippen molar-refractivity contribution >= 4 is 11.8 Å². The first kappa shape index (κ1) is 23.1. The van der Waals surface area contributed by atoms with Crippen molar-refractivity contribution < 1.29 is 9.59 Å². The number of carbonyl (C=O) groups is 2. The second-order valence-electron chi connectivity index (χ2n) is 11.5. The van der Waals surface area contributed by atoms with E-state index in [1.807, 2.05) is 24.3 Å². The highest BCUT2D eigenvalue weighted by Crippen LogP contribution is 2.60. The third-order valence-electron chi connectivity index (χ3n) is 8.32. The van der Waals surface area contributed by atoms with E-state index in [9.17, 15) is 9.59 Å². The van der Waals surface area contributed by atoms with E-state index in [2.05, 4.69) is 41.6 Å². The molecule has 1 aromatic carbocycles. The Kier molecular flexibility index (Phi) is 6.46. The Balaban J connectivity index is 1.24. The maximum Gasteiger partial charge on any atom is 0.251 e. The maximum atomic E-state index is 13.1. The second kappa shape index (κ2) is 9.52. The summed E-state index contributed by atoms with van der Waals surface area (Å²) in [5, 5.41) is 5.94. The Morgan fingerprint density at radius 1 is 1.00 bits per heavy atom. The van der Waals surface area contributed by atoms with Gasteiger partial charge in [0.05, 0.1) is 0 Å². The number of hydrogen-bond donors (Lipinski definition) is 2. The molecular formula is C29H37N3O2. The van der Waals surface area contributed by atoms with Gasteiger partial charge < -0.3 is 10.6 Å². The molecule has 0 spiro atoms. The largest absolute Gasteiger partial charge is 0.350 e. The molecule has 4 fully saturated rings. The van der Waals surface area contributed by atoms with Gasteiger partial charge in [0, 0.05) is 24.5 Å². The average molecular weight is 460 g/mol. The fraction of sp³-hybridized carbons (Fsp3) is 0.552. The van der Waals surface area contributed by atoms with Crippen LogP contribution in [-0.2, 0) is 16.8 Å². The lowest BCUT2D eigenvalue weighted by molar-refractivity contribution is -0.123. The van der Waals surface area contributed by atoms with Gasteiger partial charge in [0.1, 0.15) is 6.04 Å². The molecule has 4 saturated carbocycles. The van der Waals surface area contributed by atoms with Crippen molar-refractivity contribution in [2.45, 2.75) is 76.8 Å². The summed E-state index contributed by atoms with van der Waals surface area (Å²) in [5.74, 6) is 2.65. The van der Waals surface area contributed by atoms with Gasteiger partial charge in [0.25, 0.3) is 5.91 Å². The predicted octanol–water partition coefficient (Wildman–Crippen LogP) is 5.01. The Hall–Kier alpha value is -2.69. The molecule has 180 valence electrons. The summed E-state index contributed by atoms with van der Waals surface area (Å²) in [7, 11) is 0. The fourth-order valence-corrected chi connectivity index (χ4v) is 7.20. The van der Waals surface area contributed by atoms with Crippen LogP contribution in [0.2, 0.25) is 0 Å². The molecule has 1 aromatic heterocycles. The van der Waals surface area contributed by atoms with Gasteiger partial charge in [-0.2, -0.15) is 0 Å². The van der Waals surface area contributed by atoms with Crippen LogP contribution in [0, 0.1) is 23.7 Å². The van der Waals surface area contributed by atoms with E-state index in [1.54, 1.807) is 12.4 Å². The highest BCUT2D eigenvalue weighted by atomic mass is 16.2. The molecule has 4 aliphatic rings. The van der Waals surface area contributed by atoms with Crippen molar-refractivity contribution in [2.24, 2.45) is 23.7 Å². The summed E-state index contributed by atoms with van der Waals surface area (Å²) in [6, 6.07) is 11.5. The van der Waals surface area contributed by atoms with Crippen LogP contribution in [0.5, 0.6) is 0 Å². The van der Waals surface area contributed by atoms with Gasteiger partial charge in [-0.1, -0.05) is 32.0 Å². The van der Waals surface area contributed by atoms with Crippen LogP contribution in [0.4, 0.5) is 0 Å². The number of aromatic nitrogens is 1. The third kappa shape index (κ3) is 4.89. The van der Waals surface area contributed by atoms with Crippen LogP contribution >= 0.6 is 0 Å². The lowest BCUT2D eigenvalue weighted by Gasteiger charge is -2.57. The molecule has 5 nitrogen and oxygen atoms in total. The van der Waals surface area contributed by atoms with Crippen molar-refractivity contribution in [1.82, 2.24) is 15.6 Å². The molecule has 6 rings (SSSR count). The minimum absolute atomic E-state index is 0.156. The highest BCUT2D eigenvalue weighted by molar-refractivity contribution is 5.97. The number of rotatable bonds is 8. The summed E-state index contributed by atoms with van der Waals surface area (Å²) >= 11 is 0. The predicted molar refractivity (Wildman–Crippen MR) is 133 cm³/mol. The topological polar surface area (TPSA) is 71.1 Å². The SMILES string of the molecule is CC(C)C[C@H](NC(=O)c1ccc(C23CC4CC(CC(C4)C2)C3)cc1)C(=O)NCc1cccnc1. The molecule has 5 heteroatoms. The first-order valence-corrected chi connectivity index (χ1v) is 13.0. The number of amides is 2. The van der Waals surface area contributed by atoms with Gasteiger partial charge in [-0.15, -0.1) is 0 Å². The van der Waals surface area contributed by atoms with Gasteiger partial charge >= 0.3 is 0 Å². The molecule has 34 heavy (non-hydrogen) atoms. The molecule has 0 aliphatic heterocycles. The molecule has 4 aliphatic carbocycles. The van der Waals surface area contributed by atoms with Crippen molar-refractivity contribution in [3.8, 4) is 0 Å². The first-order valence-electron chi connectivity index (χ1n) is 13.0. The smallest absolute Gasteiger partial charge is 0.251 e. The lowest BCUT2D eigenvalue weighted by atomic mass is 9.48. The number of benzene rings is 1. The van der Waals surface area contributed by atoms with Crippen LogP contribution in [0.3, 0.4) is 0 Å². The zero-order valence-corrected chi connectivity index (χ0v) is 20.4. The summed E-state index contributed by atoms with van der Waals surface area (Å²) in [6.45, 7) is 4.53. The van der Waals surface area contributed by atoms with E-state index in [0.717, 1.165) is 23.3 Å². The summed E-state index contributed by atoms with van der Waals surface area (Å²) < 4.78 is 0. The Bertz CT molecular complexity index is 980. The maximum absolute atomic E-state index is 13.1. The van der Waals surface area contributed by atoms with Gasteiger partial charge in [-0.05, 0) is 103 Å².